The maximum absolute atomic E-state index is 13.4. The zero-order valence-corrected chi connectivity index (χ0v) is 18.1. The second-order valence-corrected chi connectivity index (χ2v) is 8.93. The van der Waals surface area contributed by atoms with E-state index in [9.17, 15) is 9.90 Å². The summed E-state index contributed by atoms with van der Waals surface area (Å²) in [6.45, 7) is 8.58. The molecule has 1 aromatic rings. The average Bonchev–Trinajstić information content (AvgIpc) is 3.18. The lowest BCUT2D eigenvalue weighted by Gasteiger charge is -2.38. The molecule has 1 aromatic carbocycles. The van der Waals surface area contributed by atoms with Gasteiger partial charge in [-0.05, 0) is 63.3 Å². The second-order valence-electron chi connectivity index (χ2n) is 7.83. The molecule has 0 unspecified atom stereocenters. The van der Waals surface area contributed by atoms with E-state index in [1.165, 1.54) is 5.56 Å². The summed E-state index contributed by atoms with van der Waals surface area (Å²) < 4.78 is 0. The van der Waals surface area contributed by atoms with Gasteiger partial charge in [0.25, 0.3) is 0 Å². The molecule has 1 amide bonds. The number of likely N-dealkylation sites (tertiary alicyclic amines) is 1. The highest BCUT2D eigenvalue weighted by Crippen LogP contribution is 2.36. The quantitative estimate of drug-likeness (QED) is 0.475. The van der Waals surface area contributed by atoms with Crippen LogP contribution in [0.25, 0.3) is 0 Å². The first-order chi connectivity index (χ1) is 12.9. The first-order valence-electron chi connectivity index (χ1n) is 10.2. The maximum Gasteiger partial charge on any atom is 0.231 e. The molecular weight excluding hydrogens is 354 g/mol. The van der Waals surface area contributed by atoms with Crippen LogP contribution in [0.2, 0.25) is 0 Å². The van der Waals surface area contributed by atoms with Gasteiger partial charge in [0.1, 0.15) is 0 Å². The highest BCUT2D eigenvalue weighted by atomic mass is 32.2. The van der Waals surface area contributed by atoms with Gasteiger partial charge in [-0.25, -0.2) is 0 Å². The summed E-state index contributed by atoms with van der Waals surface area (Å²) in [4.78, 5) is 15.4. The minimum atomic E-state index is -0.740. The number of hydrogen-bond acceptors (Lipinski definition) is 3. The molecule has 0 radical (unpaired) electrons. The maximum atomic E-state index is 13.4. The molecule has 1 heterocycles. The van der Waals surface area contributed by atoms with Crippen LogP contribution in [0.4, 0.5) is 0 Å². The van der Waals surface area contributed by atoms with Gasteiger partial charge >= 0.3 is 0 Å². The summed E-state index contributed by atoms with van der Waals surface area (Å²) in [5, 5.41) is 10.8. The minimum Gasteiger partial charge on any atom is -0.388 e. The zero-order chi connectivity index (χ0) is 19.9. The summed E-state index contributed by atoms with van der Waals surface area (Å²) in [6, 6.07) is 10.8. The molecule has 0 aromatic heterocycles. The number of carbonyl (C=O) groups excluding carboxylic acids is 1. The molecule has 1 N–H and O–H groups in total. The summed E-state index contributed by atoms with van der Waals surface area (Å²) in [5.74, 6) is 2.20. The molecular formula is C23H35NO2S. The summed E-state index contributed by atoms with van der Waals surface area (Å²) in [7, 11) is 0. The number of nitrogens with zero attached hydrogens (tertiary/aromatic N) is 1. The Hall–Kier alpha value is -1.26. The number of aliphatic hydroxyl groups is 1. The normalized spacial score (nSPS) is 21.1. The Morgan fingerprint density at radius 2 is 2.11 bits per heavy atom. The van der Waals surface area contributed by atoms with E-state index in [1.54, 1.807) is 0 Å². The van der Waals surface area contributed by atoms with Crippen molar-refractivity contribution in [2.45, 2.75) is 71.3 Å². The monoisotopic (exact) mass is 389 g/mol. The lowest BCUT2D eigenvalue weighted by molar-refractivity contribution is -0.147. The third kappa shape index (κ3) is 5.39. The van der Waals surface area contributed by atoms with Gasteiger partial charge in [0.05, 0.1) is 11.5 Å². The number of hydrogen-bond donors (Lipinski definition) is 1. The van der Waals surface area contributed by atoms with Crippen molar-refractivity contribution in [2.75, 3.05) is 12.3 Å². The van der Waals surface area contributed by atoms with Crippen molar-refractivity contribution in [3.8, 4) is 0 Å². The van der Waals surface area contributed by atoms with E-state index in [0.717, 1.165) is 42.9 Å². The SMILES string of the molecule is C/C=C(\C)[C@H](O)[C@@](C)(CC)C(=O)N1CCC[C@H]1CCSCc1ccccc1. The van der Waals surface area contributed by atoms with Gasteiger partial charge in [-0.2, -0.15) is 11.8 Å². The van der Waals surface area contributed by atoms with Crippen molar-refractivity contribution in [1.82, 2.24) is 4.90 Å². The molecule has 0 aliphatic carbocycles. The Labute approximate surface area is 169 Å². The Morgan fingerprint density at radius 1 is 1.41 bits per heavy atom. The molecule has 1 saturated heterocycles. The van der Waals surface area contributed by atoms with Crippen LogP contribution in [0.1, 0.15) is 58.9 Å². The average molecular weight is 390 g/mol. The van der Waals surface area contributed by atoms with Crippen molar-refractivity contribution >= 4 is 17.7 Å². The van der Waals surface area contributed by atoms with Crippen LogP contribution in [-0.4, -0.2) is 40.4 Å². The molecule has 3 nitrogen and oxygen atoms in total. The zero-order valence-electron chi connectivity index (χ0n) is 17.3. The molecule has 0 spiro atoms. The lowest BCUT2D eigenvalue weighted by atomic mass is 9.77. The van der Waals surface area contributed by atoms with Gasteiger partial charge in [0, 0.05) is 18.3 Å². The van der Waals surface area contributed by atoms with E-state index in [4.69, 9.17) is 0 Å². The van der Waals surface area contributed by atoms with Gasteiger partial charge in [0.15, 0.2) is 0 Å². The molecule has 1 aliphatic heterocycles. The smallest absolute Gasteiger partial charge is 0.231 e. The van der Waals surface area contributed by atoms with E-state index >= 15 is 0 Å². The molecule has 0 saturated carbocycles. The van der Waals surface area contributed by atoms with Crippen molar-refractivity contribution in [3.05, 3.63) is 47.5 Å². The van der Waals surface area contributed by atoms with Crippen molar-refractivity contribution in [3.63, 3.8) is 0 Å². The van der Waals surface area contributed by atoms with Crippen LogP contribution < -0.4 is 0 Å². The predicted molar refractivity (Wildman–Crippen MR) is 116 cm³/mol. The number of allylic oxidation sites excluding steroid dienone is 1. The van der Waals surface area contributed by atoms with E-state index in [0.29, 0.717) is 12.5 Å². The summed E-state index contributed by atoms with van der Waals surface area (Å²) >= 11 is 1.94. The number of benzene rings is 1. The number of aliphatic hydroxyl groups excluding tert-OH is 1. The van der Waals surface area contributed by atoms with E-state index in [2.05, 4.69) is 29.2 Å². The highest BCUT2D eigenvalue weighted by Gasteiger charge is 2.44. The van der Waals surface area contributed by atoms with Crippen LogP contribution in [-0.2, 0) is 10.5 Å². The van der Waals surface area contributed by atoms with Crippen LogP contribution in [0.3, 0.4) is 0 Å². The molecule has 4 heteroatoms. The first kappa shape index (κ1) is 22.0. The second kappa shape index (κ2) is 10.3. The van der Waals surface area contributed by atoms with Crippen LogP contribution in [0.15, 0.2) is 42.0 Å². The van der Waals surface area contributed by atoms with Crippen molar-refractivity contribution in [2.24, 2.45) is 5.41 Å². The van der Waals surface area contributed by atoms with Gasteiger partial charge in [0.2, 0.25) is 5.91 Å². The van der Waals surface area contributed by atoms with E-state index in [1.807, 2.05) is 51.6 Å². The number of rotatable bonds is 9. The predicted octanol–water partition coefficient (Wildman–Crippen LogP) is 5.04. The fourth-order valence-electron chi connectivity index (χ4n) is 3.84. The first-order valence-corrected chi connectivity index (χ1v) is 11.3. The third-order valence-electron chi connectivity index (χ3n) is 6.06. The molecule has 2 rings (SSSR count). The molecule has 150 valence electrons. The molecule has 1 fully saturated rings. The van der Waals surface area contributed by atoms with Crippen LogP contribution in [0, 0.1) is 5.41 Å². The Morgan fingerprint density at radius 3 is 2.74 bits per heavy atom. The highest BCUT2D eigenvalue weighted by molar-refractivity contribution is 7.98. The molecule has 3 atom stereocenters. The Bertz CT molecular complexity index is 631. The number of amides is 1. The fourth-order valence-corrected chi connectivity index (χ4v) is 4.85. The van der Waals surface area contributed by atoms with Gasteiger partial charge in [-0.15, -0.1) is 0 Å². The summed E-state index contributed by atoms with van der Waals surface area (Å²) in [6.07, 6.45) is 5.02. The summed E-state index contributed by atoms with van der Waals surface area (Å²) in [5.41, 5.74) is 1.49. The standard InChI is InChI=1S/C23H35NO2S/c1-5-18(3)21(25)23(4,6-2)22(26)24-15-10-13-20(24)14-16-27-17-19-11-8-7-9-12-19/h5,7-9,11-12,20-21,25H,6,10,13-17H2,1-4H3/b18-5+/t20-,21-,23+/m0/s1. The van der Waals surface area contributed by atoms with Gasteiger partial charge in [-0.1, -0.05) is 43.3 Å². The van der Waals surface area contributed by atoms with Crippen molar-refractivity contribution in [1.29, 1.82) is 0 Å². The lowest BCUT2D eigenvalue weighted by Crippen LogP contribution is -2.50. The van der Waals surface area contributed by atoms with Crippen LogP contribution >= 0.6 is 11.8 Å². The number of thioether (sulfide) groups is 1. The van der Waals surface area contributed by atoms with Crippen LogP contribution in [0.5, 0.6) is 0 Å². The van der Waals surface area contributed by atoms with E-state index in [-0.39, 0.29) is 5.91 Å². The minimum absolute atomic E-state index is 0.120. The fraction of sp³-hybridized carbons (Fsp3) is 0.609. The van der Waals surface area contributed by atoms with E-state index < -0.39 is 11.5 Å². The molecule has 1 aliphatic rings. The molecule has 27 heavy (non-hydrogen) atoms. The Balaban J connectivity index is 1.94. The molecule has 0 bridgehead atoms. The van der Waals surface area contributed by atoms with Gasteiger partial charge in [-0.3, -0.25) is 4.79 Å². The third-order valence-corrected chi connectivity index (χ3v) is 7.12. The number of carbonyl (C=O) groups is 1. The topological polar surface area (TPSA) is 40.5 Å². The van der Waals surface area contributed by atoms with Crippen molar-refractivity contribution < 1.29 is 9.90 Å². The largest absolute Gasteiger partial charge is 0.388 e. The van der Waals surface area contributed by atoms with Gasteiger partial charge < -0.3 is 10.0 Å². The Kier molecular flexibility index (Phi) is 8.43.